The Balaban J connectivity index is 1.46. The quantitative estimate of drug-likeness (QED) is 0.697. The average Bonchev–Trinajstić information content (AvgIpc) is 2.70. The highest BCUT2D eigenvalue weighted by molar-refractivity contribution is 5.86. The number of carbonyl (C=O) groups is 1. The van der Waals surface area contributed by atoms with Gasteiger partial charge in [-0.25, -0.2) is 0 Å². The van der Waals surface area contributed by atoms with E-state index in [1.807, 2.05) is 56.4 Å². The number of pyridine rings is 1. The molecular formula is C23H24N2O3. The number of para-hydroxylation sites is 3. The highest BCUT2D eigenvalue weighted by atomic mass is 16.6. The summed E-state index contributed by atoms with van der Waals surface area (Å²) in [5, 5.41) is 1.10. The monoisotopic (exact) mass is 376 g/mol. The van der Waals surface area contributed by atoms with Crippen LogP contribution in [0.15, 0.2) is 48.5 Å². The Bertz CT molecular complexity index is 1030. The Kier molecular flexibility index (Phi) is 4.90. The van der Waals surface area contributed by atoms with Crippen LogP contribution in [0.25, 0.3) is 10.9 Å². The summed E-state index contributed by atoms with van der Waals surface area (Å²) in [5.41, 5.74) is 4.00. The number of hydrogen-bond acceptors (Lipinski definition) is 4. The molecule has 4 rings (SSSR count). The molecule has 0 aliphatic carbocycles. The molecule has 0 saturated carbocycles. The molecule has 0 bridgehead atoms. The Labute approximate surface area is 164 Å². The number of ether oxygens (including phenoxy) is 2. The fraction of sp³-hybridized carbons (Fsp3) is 0.304. The third kappa shape index (κ3) is 3.52. The Morgan fingerprint density at radius 2 is 1.82 bits per heavy atom. The third-order valence-electron chi connectivity index (χ3n) is 5.28. The number of aromatic nitrogens is 1. The van der Waals surface area contributed by atoms with Gasteiger partial charge in [-0.15, -0.1) is 0 Å². The molecule has 2 heterocycles. The smallest absolute Gasteiger partial charge is 0.226 e. The van der Waals surface area contributed by atoms with E-state index in [2.05, 4.69) is 18.0 Å². The molecule has 5 nitrogen and oxygen atoms in total. The van der Waals surface area contributed by atoms with Gasteiger partial charge in [0, 0.05) is 18.1 Å². The van der Waals surface area contributed by atoms with Crippen molar-refractivity contribution in [2.75, 3.05) is 20.2 Å². The summed E-state index contributed by atoms with van der Waals surface area (Å²) >= 11 is 0. The molecule has 1 aliphatic rings. The van der Waals surface area contributed by atoms with Gasteiger partial charge in [0.1, 0.15) is 6.61 Å². The molecular weight excluding hydrogens is 352 g/mol. The minimum atomic E-state index is -0.180. The highest BCUT2D eigenvalue weighted by Gasteiger charge is 2.24. The van der Waals surface area contributed by atoms with Crippen LogP contribution in [0.1, 0.15) is 16.8 Å². The first-order chi connectivity index (χ1) is 13.5. The van der Waals surface area contributed by atoms with Crippen molar-refractivity contribution in [3.63, 3.8) is 0 Å². The number of fused-ring (bicyclic) bond motifs is 2. The first-order valence-corrected chi connectivity index (χ1v) is 9.50. The number of rotatable bonds is 4. The van der Waals surface area contributed by atoms with Gasteiger partial charge in [-0.3, -0.25) is 9.78 Å². The molecule has 3 aromatic rings. The van der Waals surface area contributed by atoms with Gasteiger partial charge in [0.05, 0.1) is 18.5 Å². The van der Waals surface area contributed by atoms with Crippen LogP contribution >= 0.6 is 0 Å². The predicted octanol–water partition coefficient (Wildman–Crippen LogP) is 3.69. The van der Waals surface area contributed by atoms with Crippen LogP contribution in [0.4, 0.5) is 0 Å². The van der Waals surface area contributed by atoms with Gasteiger partial charge in [0.25, 0.3) is 0 Å². The van der Waals surface area contributed by atoms with E-state index in [4.69, 9.17) is 9.47 Å². The number of likely N-dealkylation sites (N-methyl/N-ethyl adjacent to an activating group) is 1. The van der Waals surface area contributed by atoms with Gasteiger partial charge in [0.15, 0.2) is 17.6 Å². The van der Waals surface area contributed by atoms with Crippen molar-refractivity contribution in [3.8, 4) is 11.5 Å². The minimum absolute atomic E-state index is 0.0470. The van der Waals surface area contributed by atoms with Crippen LogP contribution in [0.5, 0.6) is 11.5 Å². The number of benzene rings is 2. The molecule has 28 heavy (non-hydrogen) atoms. The van der Waals surface area contributed by atoms with Crippen molar-refractivity contribution < 1.29 is 14.3 Å². The zero-order chi connectivity index (χ0) is 19.7. The molecule has 1 atom stereocenters. The summed E-state index contributed by atoms with van der Waals surface area (Å²) in [4.78, 5) is 19.3. The fourth-order valence-electron chi connectivity index (χ4n) is 3.68. The number of amides is 1. The second kappa shape index (κ2) is 7.50. The standard InChI is InChI=1S/C23H24N2O3/c1-15-18-8-4-5-9-20(18)24-16(2)19(15)12-23(26)25(3)13-17-14-27-21-10-6-7-11-22(21)28-17/h4-11,17H,12-14H2,1-3H3. The molecule has 1 unspecified atom stereocenters. The summed E-state index contributed by atoms with van der Waals surface area (Å²) in [6.07, 6.45) is 0.150. The number of nitrogens with zero attached hydrogens (tertiary/aromatic N) is 2. The number of aryl methyl sites for hydroxylation is 2. The molecule has 0 fully saturated rings. The van der Waals surface area contributed by atoms with E-state index in [0.29, 0.717) is 19.6 Å². The first-order valence-electron chi connectivity index (χ1n) is 9.50. The Morgan fingerprint density at radius 3 is 2.64 bits per heavy atom. The lowest BCUT2D eigenvalue weighted by Crippen LogP contribution is -2.42. The molecule has 5 heteroatoms. The van der Waals surface area contributed by atoms with E-state index in [1.165, 1.54) is 0 Å². The lowest BCUT2D eigenvalue weighted by molar-refractivity contribution is -0.130. The Morgan fingerprint density at radius 1 is 1.11 bits per heavy atom. The summed E-state index contributed by atoms with van der Waals surface area (Å²) in [6, 6.07) is 15.7. The zero-order valence-electron chi connectivity index (χ0n) is 16.4. The summed E-state index contributed by atoms with van der Waals surface area (Å²) in [7, 11) is 1.81. The van der Waals surface area contributed by atoms with Gasteiger partial charge in [-0.1, -0.05) is 30.3 Å². The fourth-order valence-corrected chi connectivity index (χ4v) is 3.68. The van der Waals surface area contributed by atoms with Crippen molar-refractivity contribution in [2.24, 2.45) is 0 Å². The summed E-state index contributed by atoms with van der Waals surface area (Å²) < 4.78 is 11.7. The molecule has 2 aromatic carbocycles. The van der Waals surface area contributed by atoms with Crippen LogP contribution in [-0.2, 0) is 11.2 Å². The largest absolute Gasteiger partial charge is 0.486 e. The number of hydrogen-bond donors (Lipinski definition) is 0. The number of carbonyl (C=O) groups excluding carboxylic acids is 1. The van der Waals surface area contributed by atoms with E-state index >= 15 is 0 Å². The summed E-state index contributed by atoms with van der Waals surface area (Å²) in [6.45, 7) is 4.95. The second-order valence-electron chi connectivity index (χ2n) is 7.27. The van der Waals surface area contributed by atoms with Gasteiger partial charge < -0.3 is 14.4 Å². The van der Waals surface area contributed by atoms with Crippen molar-refractivity contribution in [3.05, 3.63) is 65.4 Å². The average molecular weight is 376 g/mol. The lowest BCUT2D eigenvalue weighted by Gasteiger charge is -2.29. The second-order valence-corrected chi connectivity index (χ2v) is 7.27. The van der Waals surface area contributed by atoms with Crippen molar-refractivity contribution >= 4 is 16.8 Å². The molecule has 0 saturated heterocycles. The molecule has 1 aromatic heterocycles. The van der Waals surface area contributed by atoms with Crippen molar-refractivity contribution in [1.82, 2.24) is 9.88 Å². The van der Waals surface area contributed by atoms with Gasteiger partial charge in [0.2, 0.25) is 5.91 Å². The van der Waals surface area contributed by atoms with Crippen LogP contribution in [0.2, 0.25) is 0 Å². The van der Waals surface area contributed by atoms with E-state index in [1.54, 1.807) is 4.90 Å². The van der Waals surface area contributed by atoms with E-state index < -0.39 is 0 Å². The van der Waals surface area contributed by atoms with E-state index in [9.17, 15) is 4.79 Å². The maximum atomic E-state index is 12.9. The predicted molar refractivity (Wildman–Crippen MR) is 109 cm³/mol. The lowest BCUT2D eigenvalue weighted by atomic mass is 9.99. The molecule has 144 valence electrons. The van der Waals surface area contributed by atoms with Gasteiger partial charge >= 0.3 is 0 Å². The SMILES string of the molecule is Cc1nc2ccccc2c(C)c1CC(=O)N(C)CC1COc2ccccc2O1. The molecule has 0 N–H and O–H groups in total. The van der Waals surface area contributed by atoms with Crippen LogP contribution < -0.4 is 9.47 Å². The van der Waals surface area contributed by atoms with Crippen LogP contribution in [-0.4, -0.2) is 42.1 Å². The normalized spacial score (nSPS) is 15.5. The van der Waals surface area contributed by atoms with Crippen molar-refractivity contribution in [2.45, 2.75) is 26.4 Å². The van der Waals surface area contributed by atoms with Gasteiger partial charge in [-0.2, -0.15) is 0 Å². The molecule has 0 radical (unpaired) electrons. The first kappa shape index (κ1) is 18.3. The van der Waals surface area contributed by atoms with Crippen LogP contribution in [0.3, 0.4) is 0 Å². The molecule has 0 spiro atoms. The highest BCUT2D eigenvalue weighted by Crippen LogP contribution is 2.31. The van der Waals surface area contributed by atoms with Crippen molar-refractivity contribution in [1.29, 1.82) is 0 Å². The molecule has 1 amide bonds. The summed E-state index contributed by atoms with van der Waals surface area (Å²) in [5.74, 6) is 1.52. The third-order valence-corrected chi connectivity index (χ3v) is 5.28. The Hall–Kier alpha value is -3.08. The van der Waals surface area contributed by atoms with E-state index in [-0.39, 0.29) is 12.0 Å². The zero-order valence-corrected chi connectivity index (χ0v) is 16.4. The van der Waals surface area contributed by atoms with E-state index in [0.717, 1.165) is 39.2 Å². The topological polar surface area (TPSA) is 51.7 Å². The van der Waals surface area contributed by atoms with Gasteiger partial charge in [-0.05, 0) is 43.2 Å². The maximum Gasteiger partial charge on any atom is 0.226 e. The molecule has 1 aliphatic heterocycles. The maximum absolute atomic E-state index is 12.9. The minimum Gasteiger partial charge on any atom is -0.486 e. The van der Waals surface area contributed by atoms with Crippen LogP contribution in [0, 0.1) is 13.8 Å².